The second-order valence-electron chi connectivity index (χ2n) is 10.8. The summed E-state index contributed by atoms with van der Waals surface area (Å²) < 4.78 is 60.4. The van der Waals surface area contributed by atoms with Gasteiger partial charge in [-0.2, -0.15) is 0 Å². The van der Waals surface area contributed by atoms with Crippen molar-refractivity contribution in [1.82, 2.24) is 0 Å². The van der Waals surface area contributed by atoms with Crippen LogP contribution in [0.3, 0.4) is 0 Å². The van der Waals surface area contributed by atoms with E-state index in [-0.39, 0.29) is 23.6 Å². The van der Waals surface area contributed by atoms with Crippen molar-refractivity contribution in [1.29, 1.82) is 0 Å². The van der Waals surface area contributed by atoms with Crippen LogP contribution in [0.5, 0.6) is 11.5 Å². The number of unbranched alkanes of at least 4 members (excludes halogenated alkanes) is 1. The Hall–Kier alpha value is -5.23. The fraction of sp³-hybridized carbons (Fsp3) is 0.455. The van der Waals surface area contributed by atoms with Crippen molar-refractivity contribution in [2.45, 2.75) is 83.7 Å². The van der Waals surface area contributed by atoms with Crippen LogP contribution in [-0.2, 0) is 62.4 Å². The average Bonchev–Trinajstić information content (AvgIpc) is 3.07. The molecule has 0 aliphatic carbocycles. The van der Waals surface area contributed by atoms with Gasteiger partial charge in [-0.05, 0) is 65.3 Å². The van der Waals surface area contributed by atoms with E-state index in [9.17, 15) is 37.2 Å². The van der Waals surface area contributed by atoms with E-state index in [0.29, 0.717) is 18.7 Å². The Labute approximate surface area is 295 Å². The van der Waals surface area contributed by atoms with Crippen molar-refractivity contribution >= 4 is 51.5 Å². The molecule has 18 heteroatoms. The lowest BCUT2D eigenvalue weighted by atomic mass is 10.1. The first kappa shape index (κ1) is 41.9. The third-order valence-corrected chi connectivity index (χ3v) is 7.44. The van der Waals surface area contributed by atoms with Gasteiger partial charge in [0.05, 0.1) is 17.9 Å². The Kier molecular flexibility index (Phi) is 16.3. The summed E-state index contributed by atoms with van der Waals surface area (Å²) in [5.74, 6) is -6.35. The zero-order chi connectivity index (χ0) is 38.3. The summed E-state index contributed by atoms with van der Waals surface area (Å²) in [6.45, 7) is 7.67. The Morgan fingerprint density at radius 1 is 0.745 bits per heavy atom. The van der Waals surface area contributed by atoms with Crippen LogP contribution in [0.4, 0.5) is 5.69 Å². The number of carbonyl (C=O) groups is 6. The van der Waals surface area contributed by atoms with Gasteiger partial charge >= 0.3 is 35.8 Å². The zero-order valence-electron chi connectivity index (χ0n) is 29.0. The molecule has 0 radical (unpaired) electrons. The van der Waals surface area contributed by atoms with Gasteiger partial charge in [-0.1, -0.05) is 31.5 Å². The van der Waals surface area contributed by atoms with Gasteiger partial charge in [0.15, 0.2) is 36.8 Å². The molecule has 0 fully saturated rings. The van der Waals surface area contributed by atoms with Crippen LogP contribution in [0.25, 0.3) is 0 Å². The van der Waals surface area contributed by atoms with E-state index in [1.165, 1.54) is 19.9 Å². The number of benzene rings is 2. The minimum Gasteiger partial charge on any atom is -0.463 e. The van der Waals surface area contributed by atoms with Crippen molar-refractivity contribution < 1.29 is 70.3 Å². The predicted octanol–water partition coefficient (Wildman–Crippen LogP) is 2.79. The quantitative estimate of drug-likeness (QED) is 0.120. The summed E-state index contributed by atoms with van der Waals surface area (Å²) in [5.41, 5.74) is -0.172. The van der Waals surface area contributed by atoms with E-state index in [0.717, 1.165) is 26.3 Å². The van der Waals surface area contributed by atoms with Crippen LogP contribution in [0.1, 0.15) is 64.7 Å². The van der Waals surface area contributed by atoms with Gasteiger partial charge in [-0.15, -0.1) is 0 Å². The lowest BCUT2D eigenvalue weighted by Gasteiger charge is -2.19. The van der Waals surface area contributed by atoms with E-state index in [1.807, 2.05) is 6.92 Å². The molecule has 2 aromatic carbocycles. The molecule has 0 aliphatic heterocycles. The second kappa shape index (κ2) is 19.8. The topological polar surface area (TPSA) is 239 Å². The lowest BCUT2D eigenvalue weighted by Crippen LogP contribution is -2.37. The molecule has 4 atom stereocenters. The maximum Gasteiger partial charge on any atom is 0.347 e. The highest BCUT2D eigenvalue weighted by Crippen LogP contribution is 2.37. The SMILES string of the molecule is CCCCNc1cc(C(=O)OCC(=O)O[C@@H](C)C(=O)O[C@@H](C)C(=O)O[C@@H](C)C(=O)O[C@@H](C)C(=O)OCC)cc(S(N)(=O)=O)c1Oc1ccccc1. The maximum atomic E-state index is 12.9. The first-order valence-corrected chi connectivity index (χ1v) is 17.3. The van der Waals surface area contributed by atoms with Crippen molar-refractivity contribution in [3.8, 4) is 11.5 Å². The number of nitrogens with one attached hydrogen (secondary N) is 1. The summed E-state index contributed by atoms with van der Waals surface area (Å²) in [4.78, 5) is 73.4. The van der Waals surface area contributed by atoms with E-state index in [2.05, 4.69) is 5.32 Å². The second-order valence-corrected chi connectivity index (χ2v) is 12.3. The van der Waals surface area contributed by atoms with Crippen LogP contribution < -0.4 is 15.2 Å². The summed E-state index contributed by atoms with van der Waals surface area (Å²) in [6.07, 6.45) is -4.38. The number of sulfonamides is 1. The third kappa shape index (κ3) is 13.5. The fourth-order valence-corrected chi connectivity index (χ4v) is 4.58. The molecule has 0 heterocycles. The molecule has 0 aliphatic rings. The predicted molar refractivity (Wildman–Crippen MR) is 177 cm³/mol. The van der Waals surface area contributed by atoms with Crippen LogP contribution >= 0.6 is 0 Å². The Bertz CT molecular complexity index is 1660. The highest BCUT2D eigenvalue weighted by atomic mass is 32.2. The van der Waals surface area contributed by atoms with Gasteiger partial charge in [0, 0.05) is 6.54 Å². The molecule has 2 aromatic rings. The molecule has 2 rings (SSSR count). The van der Waals surface area contributed by atoms with Crippen LogP contribution in [0.15, 0.2) is 47.4 Å². The number of ether oxygens (including phenoxy) is 7. The summed E-state index contributed by atoms with van der Waals surface area (Å²) in [7, 11) is -4.45. The Balaban J connectivity index is 2.03. The summed E-state index contributed by atoms with van der Waals surface area (Å²) in [5, 5.41) is 8.50. The largest absolute Gasteiger partial charge is 0.463 e. The average molecular weight is 739 g/mol. The molecule has 17 nitrogen and oxygen atoms in total. The van der Waals surface area contributed by atoms with Gasteiger partial charge in [-0.3, -0.25) is 0 Å². The monoisotopic (exact) mass is 738 g/mol. The molecule has 0 amide bonds. The molecule has 3 N–H and O–H groups in total. The number of rotatable bonds is 19. The molecule has 51 heavy (non-hydrogen) atoms. The molecular formula is C33H42N2O15S. The van der Waals surface area contributed by atoms with Crippen LogP contribution in [0.2, 0.25) is 0 Å². The molecule has 0 saturated carbocycles. The standard InChI is InChI=1S/C33H42N2O15S/c1-7-9-15-35-25-16-23(17-26(51(34,42)43)28(25)50-24-13-11-10-12-14-24)33(41)45-18-27(36)46-20(4)30(38)48-22(6)32(40)49-21(5)31(39)47-19(3)29(37)44-8-2/h10-14,16-17,19-22,35H,7-9,15,18H2,1-6H3,(H2,34,42,43)/t19-,20-,21-,22-/m0/s1. The first-order valence-electron chi connectivity index (χ1n) is 15.8. The molecule has 0 unspecified atom stereocenters. The lowest BCUT2D eigenvalue weighted by molar-refractivity contribution is -0.185. The molecule has 0 saturated heterocycles. The highest BCUT2D eigenvalue weighted by Gasteiger charge is 2.31. The number of hydrogen-bond acceptors (Lipinski definition) is 16. The minimum absolute atomic E-state index is 0.0652. The number of anilines is 1. The summed E-state index contributed by atoms with van der Waals surface area (Å²) in [6, 6.07) is 10.5. The number of primary sulfonamides is 1. The van der Waals surface area contributed by atoms with Gasteiger partial charge in [-0.25, -0.2) is 42.3 Å². The number of carbonyl (C=O) groups excluding carboxylic acids is 6. The summed E-state index contributed by atoms with van der Waals surface area (Å²) >= 11 is 0. The van der Waals surface area contributed by atoms with Gasteiger partial charge in [0.2, 0.25) is 10.0 Å². The van der Waals surface area contributed by atoms with Crippen molar-refractivity contribution in [3.63, 3.8) is 0 Å². The van der Waals surface area contributed by atoms with Crippen LogP contribution in [0, 0.1) is 0 Å². The Morgan fingerprint density at radius 3 is 1.78 bits per heavy atom. The van der Waals surface area contributed by atoms with E-state index >= 15 is 0 Å². The first-order chi connectivity index (χ1) is 24.0. The zero-order valence-corrected chi connectivity index (χ0v) is 29.8. The maximum absolute atomic E-state index is 12.9. The number of esters is 6. The van der Waals surface area contributed by atoms with Gasteiger partial charge in [0.25, 0.3) is 0 Å². The highest BCUT2D eigenvalue weighted by molar-refractivity contribution is 7.89. The third-order valence-electron chi connectivity index (χ3n) is 6.53. The van der Waals surface area contributed by atoms with Crippen molar-refractivity contribution in [2.75, 3.05) is 25.1 Å². The molecule has 0 spiro atoms. The van der Waals surface area contributed by atoms with E-state index in [1.54, 1.807) is 37.3 Å². The molecular weight excluding hydrogens is 696 g/mol. The number of hydrogen-bond donors (Lipinski definition) is 2. The van der Waals surface area contributed by atoms with Crippen molar-refractivity contribution in [3.05, 3.63) is 48.0 Å². The minimum atomic E-state index is -4.45. The van der Waals surface area contributed by atoms with E-state index < -0.39 is 81.8 Å². The van der Waals surface area contributed by atoms with Crippen LogP contribution in [-0.4, -0.2) is 88.4 Å². The Morgan fingerprint density at radius 2 is 1.27 bits per heavy atom. The number of para-hydroxylation sites is 1. The molecule has 0 bridgehead atoms. The number of nitrogens with two attached hydrogens (primary N) is 1. The van der Waals surface area contributed by atoms with Gasteiger partial charge in [0.1, 0.15) is 10.6 Å². The molecule has 280 valence electrons. The van der Waals surface area contributed by atoms with Gasteiger partial charge < -0.3 is 38.5 Å². The smallest absolute Gasteiger partial charge is 0.347 e. The van der Waals surface area contributed by atoms with Crippen molar-refractivity contribution in [2.24, 2.45) is 5.14 Å². The molecule has 0 aromatic heterocycles. The fourth-order valence-electron chi connectivity index (χ4n) is 3.88. The normalized spacial score (nSPS) is 13.3. The van der Waals surface area contributed by atoms with E-state index in [4.69, 9.17) is 38.3 Å².